The molecule has 18 heavy (non-hydrogen) atoms. The number of hydrogen-bond donors (Lipinski definition) is 0. The Bertz CT molecular complexity index is 253. The second-order valence-corrected chi connectivity index (χ2v) is 7.40. The molecular weight excluding hydrogens is 247 g/mol. The Morgan fingerprint density at radius 3 is 1.72 bits per heavy atom. The van der Waals surface area contributed by atoms with E-state index in [-0.39, 0.29) is 5.60 Å². The molecule has 4 rings (SSSR count). The lowest BCUT2D eigenvalue weighted by Gasteiger charge is -2.56. The van der Waals surface area contributed by atoms with E-state index in [0.717, 1.165) is 17.8 Å². The quantitative estimate of drug-likeness (QED) is 0.676. The van der Waals surface area contributed by atoms with Crippen LogP contribution in [-0.4, -0.2) is 18.8 Å². The highest BCUT2D eigenvalue weighted by Crippen LogP contribution is 2.61. The van der Waals surface area contributed by atoms with Crippen molar-refractivity contribution in [2.75, 3.05) is 13.2 Å². The second kappa shape index (κ2) is 5.36. The fraction of sp³-hybridized carbons (Fsp3) is 1.00. The lowest BCUT2D eigenvalue weighted by Crippen LogP contribution is -2.51. The minimum Gasteiger partial charge on any atom is -0.313 e. The first kappa shape index (κ1) is 13.3. The largest absolute Gasteiger partial charge is 0.333 e. The van der Waals surface area contributed by atoms with Crippen molar-refractivity contribution in [2.24, 2.45) is 17.8 Å². The molecule has 0 aromatic carbocycles. The van der Waals surface area contributed by atoms with E-state index in [1.165, 1.54) is 38.5 Å². The number of hydrogen-bond acceptors (Lipinski definition) is 3. The molecule has 0 amide bonds. The van der Waals surface area contributed by atoms with Gasteiger partial charge in [-0.1, -0.05) is 0 Å². The van der Waals surface area contributed by atoms with Gasteiger partial charge in [-0.15, -0.1) is 0 Å². The van der Waals surface area contributed by atoms with Gasteiger partial charge in [-0.25, -0.2) is 0 Å². The third-order valence-corrected chi connectivity index (χ3v) is 6.19. The molecule has 0 spiro atoms. The molecule has 4 fully saturated rings. The van der Waals surface area contributed by atoms with E-state index >= 15 is 0 Å². The van der Waals surface area contributed by atoms with Gasteiger partial charge < -0.3 is 13.6 Å². The molecule has 0 atom stereocenters. The zero-order valence-electron chi connectivity index (χ0n) is 11.6. The Morgan fingerprint density at radius 1 is 0.889 bits per heavy atom. The SMILES string of the molecule is CCOP(OCC)OC12CC3CC(CC(C3)C1)C2. The second-order valence-electron chi connectivity index (χ2n) is 6.25. The summed E-state index contributed by atoms with van der Waals surface area (Å²) in [6, 6.07) is 0. The van der Waals surface area contributed by atoms with Crippen molar-refractivity contribution in [3.8, 4) is 0 Å². The molecule has 0 N–H and O–H groups in total. The summed E-state index contributed by atoms with van der Waals surface area (Å²) < 4.78 is 17.6. The summed E-state index contributed by atoms with van der Waals surface area (Å²) in [5.41, 5.74) is 0.102. The number of rotatable bonds is 6. The average Bonchev–Trinajstić information content (AvgIpc) is 2.26. The van der Waals surface area contributed by atoms with Gasteiger partial charge in [0.2, 0.25) is 0 Å². The molecule has 4 saturated carbocycles. The fourth-order valence-electron chi connectivity index (χ4n) is 4.60. The monoisotopic (exact) mass is 272 g/mol. The summed E-state index contributed by atoms with van der Waals surface area (Å²) in [7, 11) is -1.12. The van der Waals surface area contributed by atoms with E-state index in [2.05, 4.69) is 0 Å². The van der Waals surface area contributed by atoms with Gasteiger partial charge in [0.15, 0.2) is 0 Å². The van der Waals surface area contributed by atoms with Crippen molar-refractivity contribution in [1.82, 2.24) is 0 Å². The van der Waals surface area contributed by atoms with Crippen LogP contribution >= 0.6 is 8.60 Å². The molecule has 4 bridgehead atoms. The summed E-state index contributed by atoms with van der Waals surface area (Å²) in [4.78, 5) is 0. The van der Waals surface area contributed by atoms with Gasteiger partial charge in [0.25, 0.3) is 0 Å². The smallest absolute Gasteiger partial charge is 0.313 e. The van der Waals surface area contributed by atoms with Crippen molar-refractivity contribution >= 4 is 8.60 Å². The fourth-order valence-corrected chi connectivity index (χ4v) is 5.74. The lowest BCUT2D eigenvalue weighted by molar-refractivity contribution is -0.115. The van der Waals surface area contributed by atoms with Crippen LogP contribution in [0.1, 0.15) is 52.4 Å². The maximum Gasteiger partial charge on any atom is 0.333 e. The highest BCUT2D eigenvalue weighted by atomic mass is 31.2. The first-order valence-electron chi connectivity index (χ1n) is 7.48. The minimum absolute atomic E-state index is 0.102. The van der Waals surface area contributed by atoms with E-state index in [4.69, 9.17) is 13.6 Å². The summed E-state index contributed by atoms with van der Waals surface area (Å²) in [5.74, 6) is 2.74. The Morgan fingerprint density at radius 2 is 1.33 bits per heavy atom. The molecule has 4 heteroatoms. The van der Waals surface area contributed by atoms with Gasteiger partial charge in [-0.3, -0.25) is 0 Å². The predicted molar refractivity (Wildman–Crippen MR) is 72.2 cm³/mol. The van der Waals surface area contributed by atoms with Crippen molar-refractivity contribution in [2.45, 2.75) is 58.0 Å². The van der Waals surface area contributed by atoms with Gasteiger partial charge in [-0.05, 0) is 70.1 Å². The molecule has 0 aromatic heterocycles. The summed E-state index contributed by atoms with van der Waals surface area (Å²) in [6.07, 6.45) is 8.09. The van der Waals surface area contributed by atoms with Crippen molar-refractivity contribution in [3.63, 3.8) is 0 Å². The van der Waals surface area contributed by atoms with Crippen molar-refractivity contribution < 1.29 is 13.6 Å². The van der Waals surface area contributed by atoms with E-state index < -0.39 is 8.60 Å². The van der Waals surface area contributed by atoms with Gasteiger partial charge >= 0.3 is 8.60 Å². The topological polar surface area (TPSA) is 27.7 Å². The molecule has 0 unspecified atom stereocenters. The molecular formula is C14H25O3P. The van der Waals surface area contributed by atoms with E-state index in [0.29, 0.717) is 13.2 Å². The van der Waals surface area contributed by atoms with E-state index in [9.17, 15) is 0 Å². The summed E-state index contributed by atoms with van der Waals surface area (Å²) in [6.45, 7) is 5.38. The zero-order chi connectivity index (χ0) is 12.6. The Kier molecular flexibility index (Phi) is 3.96. The maximum atomic E-state index is 6.35. The van der Waals surface area contributed by atoms with E-state index in [1.54, 1.807) is 0 Å². The third-order valence-electron chi connectivity index (χ3n) is 4.72. The molecule has 104 valence electrons. The van der Waals surface area contributed by atoms with Crippen LogP contribution in [0.3, 0.4) is 0 Å². The Labute approximate surface area is 112 Å². The Hall–Kier alpha value is 0.310. The predicted octanol–water partition coefficient (Wildman–Crippen LogP) is 4.27. The van der Waals surface area contributed by atoms with Crippen LogP contribution in [0.5, 0.6) is 0 Å². The van der Waals surface area contributed by atoms with Gasteiger partial charge in [0.05, 0.1) is 18.8 Å². The van der Waals surface area contributed by atoms with Crippen LogP contribution in [0, 0.1) is 17.8 Å². The van der Waals surface area contributed by atoms with Crippen molar-refractivity contribution in [1.29, 1.82) is 0 Å². The first-order chi connectivity index (χ1) is 8.73. The third kappa shape index (κ3) is 2.60. The standard InChI is InChI=1S/C14H25O3P/c1-3-15-18(16-4-2)17-14-8-11-5-12(9-14)7-13(6-11)10-14/h11-13H,3-10H2,1-2H3. The van der Waals surface area contributed by atoms with Crippen LogP contribution < -0.4 is 0 Å². The normalized spacial score (nSPS) is 41.8. The van der Waals surface area contributed by atoms with Crippen LogP contribution in [0.25, 0.3) is 0 Å². The van der Waals surface area contributed by atoms with Crippen LogP contribution in [0.4, 0.5) is 0 Å². The highest BCUT2D eigenvalue weighted by Gasteiger charge is 2.53. The van der Waals surface area contributed by atoms with Crippen molar-refractivity contribution in [3.05, 3.63) is 0 Å². The van der Waals surface area contributed by atoms with E-state index in [1.807, 2.05) is 13.8 Å². The van der Waals surface area contributed by atoms with Gasteiger partial charge in [-0.2, -0.15) is 0 Å². The van der Waals surface area contributed by atoms with Crippen LogP contribution in [0.2, 0.25) is 0 Å². The minimum atomic E-state index is -1.12. The molecule has 0 aromatic rings. The molecule has 0 radical (unpaired) electrons. The molecule has 0 aliphatic heterocycles. The molecule has 0 saturated heterocycles. The summed E-state index contributed by atoms with van der Waals surface area (Å²) in [5, 5.41) is 0. The highest BCUT2D eigenvalue weighted by molar-refractivity contribution is 7.41. The average molecular weight is 272 g/mol. The molecule has 4 aliphatic carbocycles. The molecule has 0 heterocycles. The maximum absolute atomic E-state index is 6.35. The molecule has 3 nitrogen and oxygen atoms in total. The van der Waals surface area contributed by atoms with Crippen LogP contribution in [-0.2, 0) is 13.6 Å². The molecule has 4 aliphatic rings. The van der Waals surface area contributed by atoms with Gasteiger partial charge in [0.1, 0.15) is 0 Å². The Balaban J connectivity index is 1.67. The zero-order valence-corrected chi connectivity index (χ0v) is 12.5. The summed E-state index contributed by atoms with van der Waals surface area (Å²) >= 11 is 0. The first-order valence-corrected chi connectivity index (χ1v) is 8.57. The van der Waals surface area contributed by atoms with Gasteiger partial charge in [0, 0.05) is 0 Å². The lowest BCUT2D eigenvalue weighted by atomic mass is 9.54. The van der Waals surface area contributed by atoms with Crippen LogP contribution in [0.15, 0.2) is 0 Å².